The van der Waals surface area contributed by atoms with Crippen LogP contribution in [-0.4, -0.2) is 50.4 Å². The van der Waals surface area contributed by atoms with Gasteiger partial charge in [-0.15, -0.1) is 0 Å². The Morgan fingerprint density at radius 2 is 1.95 bits per heavy atom. The summed E-state index contributed by atoms with van der Waals surface area (Å²) in [5.41, 5.74) is 0.672. The minimum Gasteiger partial charge on any atom is -0.344 e. The van der Waals surface area contributed by atoms with Gasteiger partial charge in [-0.05, 0) is 20.8 Å². The predicted octanol–water partition coefficient (Wildman–Crippen LogP) is 1.12. The first kappa shape index (κ1) is 15.1. The maximum Gasteiger partial charge on any atom is 0.251 e. The van der Waals surface area contributed by atoms with Crippen molar-refractivity contribution in [2.24, 2.45) is 0 Å². The third-order valence-electron chi connectivity index (χ3n) is 3.93. The Labute approximate surface area is 133 Å². The molecule has 0 spiro atoms. The van der Waals surface area contributed by atoms with E-state index in [0.717, 1.165) is 48.7 Å². The second-order valence-corrected chi connectivity index (χ2v) is 6.33. The summed E-state index contributed by atoms with van der Waals surface area (Å²) in [6.07, 6.45) is 0. The molecule has 0 radical (unpaired) electrons. The number of hydrogen-bond acceptors (Lipinski definition) is 7. The summed E-state index contributed by atoms with van der Waals surface area (Å²) >= 11 is 1.45. The molecule has 0 unspecified atom stereocenters. The first-order chi connectivity index (χ1) is 10.5. The lowest BCUT2D eigenvalue weighted by Crippen LogP contribution is -2.47. The Balaban J connectivity index is 1.66. The van der Waals surface area contributed by atoms with Crippen LogP contribution in [0.15, 0.2) is 10.9 Å². The Bertz CT molecular complexity index is 703. The molecule has 0 amide bonds. The molecule has 0 aromatic carbocycles. The number of anilines is 1. The van der Waals surface area contributed by atoms with Gasteiger partial charge < -0.3 is 9.88 Å². The molecule has 2 aromatic heterocycles. The van der Waals surface area contributed by atoms with Crippen LogP contribution in [0.25, 0.3) is 0 Å². The first-order valence-corrected chi connectivity index (χ1v) is 8.17. The molecule has 3 rings (SSSR count). The zero-order valence-electron chi connectivity index (χ0n) is 13.0. The van der Waals surface area contributed by atoms with E-state index in [-0.39, 0.29) is 11.6 Å². The van der Waals surface area contributed by atoms with Gasteiger partial charge in [0.05, 0.1) is 6.04 Å². The average Bonchev–Trinajstić information content (AvgIpc) is 2.92. The summed E-state index contributed by atoms with van der Waals surface area (Å²) in [4.78, 5) is 27.9. The van der Waals surface area contributed by atoms with Crippen molar-refractivity contribution in [3.63, 3.8) is 0 Å². The number of aromatic nitrogens is 4. The van der Waals surface area contributed by atoms with Crippen molar-refractivity contribution in [3.8, 4) is 0 Å². The van der Waals surface area contributed by atoms with E-state index in [4.69, 9.17) is 0 Å². The van der Waals surface area contributed by atoms with Crippen molar-refractivity contribution in [2.75, 3.05) is 31.1 Å². The van der Waals surface area contributed by atoms with Crippen LogP contribution in [0.1, 0.15) is 30.3 Å². The van der Waals surface area contributed by atoms with E-state index in [2.05, 4.69) is 36.0 Å². The molecule has 0 aliphatic carbocycles. The highest BCUT2D eigenvalue weighted by atomic mass is 32.1. The van der Waals surface area contributed by atoms with E-state index in [0.29, 0.717) is 0 Å². The number of rotatable bonds is 3. The van der Waals surface area contributed by atoms with Gasteiger partial charge in [-0.3, -0.25) is 9.69 Å². The number of aromatic amines is 1. The summed E-state index contributed by atoms with van der Waals surface area (Å²) in [7, 11) is 0. The van der Waals surface area contributed by atoms with Gasteiger partial charge in [-0.25, -0.2) is 9.97 Å². The molecule has 7 nitrogen and oxygen atoms in total. The van der Waals surface area contributed by atoms with Gasteiger partial charge in [0.2, 0.25) is 5.13 Å². The highest BCUT2D eigenvalue weighted by Gasteiger charge is 2.25. The van der Waals surface area contributed by atoms with Gasteiger partial charge in [0.25, 0.3) is 5.56 Å². The van der Waals surface area contributed by atoms with Crippen LogP contribution in [0.3, 0.4) is 0 Å². The zero-order chi connectivity index (χ0) is 15.7. The Kier molecular flexibility index (Phi) is 4.21. The van der Waals surface area contributed by atoms with E-state index >= 15 is 0 Å². The van der Waals surface area contributed by atoms with Crippen LogP contribution in [0, 0.1) is 13.8 Å². The van der Waals surface area contributed by atoms with Gasteiger partial charge in [0, 0.05) is 49.5 Å². The summed E-state index contributed by atoms with van der Waals surface area (Å²) in [6.45, 7) is 9.50. The standard InChI is InChI=1S/C14H20N6OS/c1-9-8-12(21)17-13(15-9)10(2)19-4-6-20(7-5-19)14-16-11(3)18-22-14/h8,10H,4-7H2,1-3H3,(H,15,17,21)/t10-/m0/s1. The molecular formula is C14H20N6OS. The molecule has 1 aliphatic rings. The van der Waals surface area contributed by atoms with Crippen LogP contribution in [-0.2, 0) is 0 Å². The Morgan fingerprint density at radius 3 is 2.55 bits per heavy atom. The predicted molar refractivity (Wildman–Crippen MR) is 86.4 cm³/mol. The smallest absolute Gasteiger partial charge is 0.251 e. The molecule has 1 atom stereocenters. The largest absolute Gasteiger partial charge is 0.344 e. The molecule has 1 N–H and O–H groups in total. The molecule has 0 saturated carbocycles. The van der Waals surface area contributed by atoms with Crippen LogP contribution in [0.4, 0.5) is 5.13 Å². The molecule has 2 aromatic rings. The molecule has 118 valence electrons. The topological polar surface area (TPSA) is 78.0 Å². The third kappa shape index (κ3) is 3.17. The Morgan fingerprint density at radius 1 is 1.23 bits per heavy atom. The van der Waals surface area contributed by atoms with Gasteiger partial charge in [-0.2, -0.15) is 4.37 Å². The number of nitrogens with zero attached hydrogens (tertiary/aromatic N) is 5. The lowest BCUT2D eigenvalue weighted by molar-refractivity contribution is 0.191. The quantitative estimate of drug-likeness (QED) is 0.913. The molecular weight excluding hydrogens is 300 g/mol. The van der Waals surface area contributed by atoms with E-state index in [1.54, 1.807) is 0 Å². The SMILES string of the molecule is Cc1cc(=O)[nH]c([C@H](C)N2CCN(c3nc(C)ns3)CC2)n1. The maximum absolute atomic E-state index is 11.6. The molecule has 8 heteroatoms. The van der Waals surface area contributed by atoms with Gasteiger partial charge in [0.1, 0.15) is 11.6 Å². The minimum absolute atomic E-state index is 0.0858. The lowest BCUT2D eigenvalue weighted by atomic mass is 10.2. The van der Waals surface area contributed by atoms with Crippen molar-refractivity contribution < 1.29 is 0 Å². The van der Waals surface area contributed by atoms with Crippen LogP contribution in [0.5, 0.6) is 0 Å². The van der Waals surface area contributed by atoms with Crippen LogP contribution < -0.4 is 10.5 Å². The zero-order valence-corrected chi connectivity index (χ0v) is 13.9. The fourth-order valence-corrected chi connectivity index (χ4v) is 3.41. The number of nitrogens with one attached hydrogen (secondary N) is 1. The van der Waals surface area contributed by atoms with Gasteiger partial charge in [0.15, 0.2) is 0 Å². The van der Waals surface area contributed by atoms with Crippen molar-refractivity contribution in [1.82, 2.24) is 24.2 Å². The second-order valence-electron chi connectivity index (χ2n) is 5.60. The minimum atomic E-state index is -0.0858. The summed E-state index contributed by atoms with van der Waals surface area (Å²) in [5, 5.41) is 0.992. The molecule has 1 fully saturated rings. The normalized spacial score (nSPS) is 17.7. The average molecular weight is 320 g/mol. The van der Waals surface area contributed by atoms with Crippen molar-refractivity contribution in [2.45, 2.75) is 26.8 Å². The molecule has 0 bridgehead atoms. The number of hydrogen-bond donors (Lipinski definition) is 1. The van der Waals surface area contributed by atoms with Gasteiger partial charge >= 0.3 is 0 Å². The van der Waals surface area contributed by atoms with E-state index in [1.165, 1.54) is 17.6 Å². The summed E-state index contributed by atoms with van der Waals surface area (Å²) in [6, 6.07) is 1.62. The number of piperazine rings is 1. The number of H-pyrrole nitrogens is 1. The van der Waals surface area contributed by atoms with Crippen molar-refractivity contribution in [3.05, 3.63) is 33.8 Å². The Hall–Kier alpha value is -1.80. The number of aryl methyl sites for hydroxylation is 2. The maximum atomic E-state index is 11.6. The van der Waals surface area contributed by atoms with Crippen molar-refractivity contribution in [1.29, 1.82) is 0 Å². The summed E-state index contributed by atoms with van der Waals surface area (Å²) < 4.78 is 4.24. The summed E-state index contributed by atoms with van der Waals surface area (Å²) in [5.74, 6) is 1.57. The lowest BCUT2D eigenvalue weighted by Gasteiger charge is -2.37. The highest BCUT2D eigenvalue weighted by molar-refractivity contribution is 7.09. The monoisotopic (exact) mass is 320 g/mol. The first-order valence-electron chi connectivity index (χ1n) is 7.40. The fraction of sp³-hybridized carbons (Fsp3) is 0.571. The fourth-order valence-electron chi connectivity index (χ4n) is 2.69. The van der Waals surface area contributed by atoms with Crippen LogP contribution in [0.2, 0.25) is 0 Å². The van der Waals surface area contributed by atoms with E-state index in [9.17, 15) is 4.79 Å². The highest BCUT2D eigenvalue weighted by Crippen LogP contribution is 2.22. The molecule has 1 saturated heterocycles. The molecule has 3 heterocycles. The molecule has 22 heavy (non-hydrogen) atoms. The van der Waals surface area contributed by atoms with Crippen LogP contribution >= 0.6 is 11.5 Å². The van der Waals surface area contributed by atoms with E-state index < -0.39 is 0 Å². The second kappa shape index (κ2) is 6.13. The van der Waals surface area contributed by atoms with Crippen molar-refractivity contribution >= 4 is 16.7 Å². The molecule has 1 aliphatic heterocycles. The third-order valence-corrected chi connectivity index (χ3v) is 4.80. The van der Waals surface area contributed by atoms with E-state index in [1.807, 2.05) is 13.8 Å². The van der Waals surface area contributed by atoms with Gasteiger partial charge in [-0.1, -0.05) is 0 Å².